The minimum absolute atomic E-state index is 0.328. The monoisotopic (exact) mass is 391 g/mol. The molecule has 0 saturated carbocycles. The summed E-state index contributed by atoms with van der Waals surface area (Å²) >= 11 is 0. The first kappa shape index (κ1) is 17.8. The van der Waals surface area contributed by atoms with Crippen LogP contribution in [-0.2, 0) is 18.2 Å². The number of ether oxygens (including phenoxy) is 1. The van der Waals surface area contributed by atoms with E-state index in [1.165, 1.54) is 0 Å². The van der Waals surface area contributed by atoms with Gasteiger partial charge >= 0.3 is 0 Å². The van der Waals surface area contributed by atoms with E-state index in [0.29, 0.717) is 49.1 Å². The number of furan rings is 1. The molecule has 1 fully saturated rings. The maximum atomic E-state index is 11.5. The van der Waals surface area contributed by atoms with Crippen molar-refractivity contribution >= 4 is 34.2 Å². The molecule has 1 aliphatic heterocycles. The summed E-state index contributed by atoms with van der Waals surface area (Å²) in [6, 6.07) is 7.91. The fourth-order valence-electron chi connectivity index (χ4n) is 3.87. The zero-order chi connectivity index (χ0) is 20.0. The predicted octanol–water partition coefficient (Wildman–Crippen LogP) is 2.99. The third-order valence-electron chi connectivity index (χ3n) is 5.36. The number of imidazole rings is 1. The van der Waals surface area contributed by atoms with Crippen LogP contribution in [0.1, 0.15) is 23.3 Å². The third-order valence-corrected chi connectivity index (χ3v) is 5.36. The SMILES string of the molecule is CCc1oc2ccccc2c1-c1nc(N2CCOCC2)c2nc(C=O)n(C)c2n1. The zero-order valence-electron chi connectivity index (χ0n) is 16.4. The van der Waals surface area contributed by atoms with Crippen LogP contribution in [0.4, 0.5) is 5.82 Å². The van der Waals surface area contributed by atoms with Crippen LogP contribution in [0.3, 0.4) is 0 Å². The van der Waals surface area contributed by atoms with Crippen molar-refractivity contribution in [1.82, 2.24) is 19.5 Å². The second-order valence-electron chi connectivity index (χ2n) is 7.04. The molecule has 5 rings (SSSR count). The second-order valence-corrected chi connectivity index (χ2v) is 7.04. The van der Waals surface area contributed by atoms with Crippen LogP contribution in [0.25, 0.3) is 33.5 Å². The van der Waals surface area contributed by atoms with Crippen molar-refractivity contribution in [3.63, 3.8) is 0 Å². The summed E-state index contributed by atoms with van der Waals surface area (Å²) in [7, 11) is 1.80. The van der Waals surface area contributed by atoms with Gasteiger partial charge in [-0.2, -0.15) is 0 Å². The van der Waals surface area contributed by atoms with Crippen molar-refractivity contribution in [2.45, 2.75) is 13.3 Å². The molecule has 0 bridgehead atoms. The molecule has 0 atom stereocenters. The Hall–Kier alpha value is -3.26. The lowest BCUT2D eigenvalue weighted by atomic mass is 10.1. The first-order valence-electron chi connectivity index (χ1n) is 9.74. The Morgan fingerprint density at radius 3 is 2.69 bits per heavy atom. The van der Waals surface area contributed by atoms with Gasteiger partial charge in [0.05, 0.1) is 18.8 Å². The molecule has 1 aromatic carbocycles. The van der Waals surface area contributed by atoms with Gasteiger partial charge < -0.3 is 18.6 Å². The van der Waals surface area contributed by atoms with Crippen molar-refractivity contribution in [2.24, 2.45) is 7.05 Å². The average Bonchev–Trinajstić information content (AvgIpc) is 3.31. The first-order valence-corrected chi connectivity index (χ1v) is 9.74. The number of carbonyl (C=O) groups excluding carboxylic acids is 1. The third kappa shape index (κ3) is 2.79. The van der Waals surface area contributed by atoms with E-state index in [4.69, 9.17) is 19.1 Å². The highest BCUT2D eigenvalue weighted by molar-refractivity contribution is 5.96. The summed E-state index contributed by atoms with van der Waals surface area (Å²) in [5, 5.41) is 0.981. The molecular weight excluding hydrogens is 370 g/mol. The number of aldehydes is 1. The summed E-state index contributed by atoms with van der Waals surface area (Å²) in [5.41, 5.74) is 2.97. The summed E-state index contributed by atoms with van der Waals surface area (Å²) in [6.45, 7) is 4.74. The summed E-state index contributed by atoms with van der Waals surface area (Å²) in [5.74, 6) is 2.48. The largest absolute Gasteiger partial charge is 0.460 e. The Balaban J connectivity index is 1.81. The van der Waals surface area contributed by atoms with Crippen molar-refractivity contribution in [3.05, 3.63) is 35.9 Å². The molecule has 0 amide bonds. The van der Waals surface area contributed by atoms with Crippen LogP contribution < -0.4 is 4.90 Å². The minimum Gasteiger partial charge on any atom is -0.460 e. The molecule has 0 radical (unpaired) electrons. The smallest absolute Gasteiger partial charge is 0.185 e. The van der Waals surface area contributed by atoms with Crippen LogP contribution in [0.5, 0.6) is 0 Å². The highest BCUT2D eigenvalue weighted by atomic mass is 16.5. The van der Waals surface area contributed by atoms with Crippen LogP contribution in [-0.4, -0.2) is 52.1 Å². The summed E-state index contributed by atoms with van der Waals surface area (Å²) in [6.07, 6.45) is 1.47. The lowest BCUT2D eigenvalue weighted by Crippen LogP contribution is -2.37. The number of hydrogen-bond acceptors (Lipinski definition) is 7. The number of anilines is 1. The van der Waals surface area contributed by atoms with Crippen LogP contribution >= 0.6 is 0 Å². The van der Waals surface area contributed by atoms with E-state index >= 15 is 0 Å². The highest BCUT2D eigenvalue weighted by Gasteiger charge is 2.25. The number of para-hydroxylation sites is 1. The van der Waals surface area contributed by atoms with Gasteiger partial charge in [-0.3, -0.25) is 4.79 Å². The Bertz CT molecular complexity index is 1220. The van der Waals surface area contributed by atoms with E-state index in [2.05, 4.69) is 16.8 Å². The number of hydrogen-bond donors (Lipinski definition) is 0. The molecule has 1 aliphatic rings. The summed E-state index contributed by atoms with van der Waals surface area (Å²) < 4.78 is 13.3. The van der Waals surface area contributed by atoms with Crippen molar-refractivity contribution in [2.75, 3.05) is 31.2 Å². The number of rotatable bonds is 4. The molecule has 0 N–H and O–H groups in total. The number of aromatic nitrogens is 4. The number of benzene rings is 1. The van der Waals surface area contributed by atoms with Gasteiger partial charge in [-0.15, -0.1) is 0 Å². The lowest BCUT2D eigenvalue weighted by molar-refractivity contribution is 0.111. The van der Waals surface area contributed by atoms with Gasteiger partial charge in [-0.05, 0) is 6.07 Å². The highest BCUT2D eigenvalue weighted by Crippen LogP contribution is 2.36. The maximum absolute atomic E-state index is 11.5. The Labute approximate surface area is 167 Å². The molecule has 8 nitrogen and oxygen atoms in total. The molecule has 3 aromatic heterocycles. The van der Waals surface area contributed by atoms with Gasteiger partial charge in [-0.1, -0.05) is 25.1 Å². The molecule has 29 heavy (non-hydrogen) atoms. The molecule has 0 spiro atoms. The van der Waals surface area contributed by atoms with E-state index in [1.807, 2.05) is 24.3 Å². The van der Waals surface area contributed by atoms with E-state index in [-0.39, 0.29) is 0 Å². The van der Waals surface area contributed by atoms with Crippen molar-refractivity contribution in [3.8, 4) is 11.4 Å². The fourth-order valence-corrected chi connectivity index (χ4v) is 3.87. The van der Waals surface area contributed by atoms with Gasteiger partial charge in [0.2, 0.25) is 0 Å². The van der Waals surface area contributed by atoms with Crippen LogP contribution in [0.15, 0.2) is 28.7 Å². The quantitative estimate of drug-likeness (QED) is 0.494. The number of nitrogens with zero attached hydrogens (tertiary/aromatic N) is 5. The fraction of sp³-hybridized carbons (Fsp3) is 0.333. The first-order chi connectivity index (χ1) is 14.2. The standard InChI is InChI=1S/C21H21N5O3/c1-3-14-17(13-6-4-5-7-15(13)29-14)19-23-20-18(22-16(12-27)25(20)2)21(24-19)26-8-10-28-11-9-26/h4-7,12H,3,8-11H2,1-2H3. The van der Waals surface area contributed by atoms with Gasteiger partial charge in [0.25, 0.3) is 0 Å². The molecule has 0 aliphatic carbocycles. The number of aryl methyl sites for hydroxylation is 2. The van der Waals surface area contributed by atoms with E-state index in [1.54, 1.807) is 11.6 Å². The molecule has 4 aromatic rings. The van der Waals surface area contributed by atoms with Gasteiger partial charge in [0, 0.05) is 31.9 Å². The number of morpholine rings is 1. The van der Waals surface area contributed by atoms with Gasteiger partial charge in [-0.25, -0.2) is 15.0 Å². The second kappa shape index (κ2) is 6.97. The normalized spacial score (nSPS) is 14.8. The van der Waals surface area contributed by atoms with E-state index in [0.717, 1.165) is 40.8 Å². The Morgan fingerprint density at radius 1 is 1.14 bits per heavy atom. The molecule has 0 unspecified atom stereocenters. The van der Waals surface area contributed by atoms with E-state index in [9.17, 15) is 4.79 Å². The predicted molar refractivity (Wildman–Crippen MR) is 109 cm³/mol. The molecule has 8 heteroatoms. The van der Waals surface area contributed by atoms with Gasteiger partial charge in [0.15, 0.2) is 34.9 Å². The topological polar surface area (TPSA) is 86.3 Å². The van der Waals surface area contributed by atoms with Gasteiger partial charge in [0.1, 0.15) is 11.3 Å². The zero-order valence-corrected chi connectivity index (χ0v) is 16.4. The van der Waals surface area contributed by atoms with Crippen LogP contribution in [0.2, 0.25) is 0 Å². The summed E-state index contributed by atoms with van der Waals surface area (Å²) in [4.78, 5) is 27.9. The maximum Gasteiger partial charge on any atom is 0.185 e. The molecule has 148 valence electrons. The molecule has 1 saturated heterocycles. The average molecular weight is 391 g/mol. The number of fused-ring (bicyclic) bond motifs is 2. The Morgan fingerprint density at radius 2 is 1.93 bits per heavy atom. The van der Waals surface area contributed by atoms with Crippen molar-refractivity contribution in [1.29, 1.82) is 0 Å². The van der Waals surface area contributed by atoms with Crippen molar-refractivity contribution < 1.29 is 13.9 Å². The Kier molecular flexibility index (Phi) is 4.28. The molecular formula is C21H21N5O3. The minimum atomic E-state index is 0.328. The lowest BCUT2D eigenvalue weighted by Gasteiger charge is -2.28. The number of carbonyl (C=O) groups is 1. The molecule has 4 heterocycles. The van der Waals surface area contributed by atoms with E-state index < -0.39 is 0 Å². The van der Waals surface area contributed by atoms with Crippen LogP contribution in [0, 0.1) is 0 Å².